The van der Waals surface area contributed by atoms with E-state index in [9.17, 15) is 18.0 Å². The van der Waals surface area contributed by atoms with E-state index in [1.165, 1.54) is 6.92 Å². The van der Waals surface area contributed by atoms with Crippen molar-refractivity contribution >= 4 is 21.7 Å². The Labute approximate surface area is 97.8 Å². The number of carbonyl (C=O) groups excluding carboxylic acids is 1. The fourth-order valence-electron chi connectivity index (χ4n) is 1.17. The molecule has 16 heavy (non-hydrogen) atoms. The van der Waals surface area contributed by atoms with E-state index in [4.69, 9.17) is 5.26 Å². The molecular formula is C10H5BrF3NO. The van der Waals surface area contributed by atoms with Gasteiger partial charge in [0.05, 0.1) is 17.2 Å². The van der Waals surface area contributed by atoms with Gasteiger partial charge in [0.25, 0.3) is 0 Å². The minimum atomic E-state index is -4.56. The van der Waals surface area contributed by atoms with Crippen molar-refractivity contribution in [2.75, 3.05) is 0 Å². The van der Waals surface area contributed by atoms with Gasteiger partial charge in [-0.15, -0.1) is 0 Å². The Morgan fingerprint density at radius 3 is 2.38 bits per heavy atom. The molecule has 0 aliphatic carbocycles. The zero-order valence-corrected chi connectivity index (χ0v) is 9.61. The van der Waals surface area contributed by atoms with Crippen molar-refractivity contribution in [2.24, 2.45) is 0 Å². The van der Waals surface area contributed by atoms with Crippen LogP contribution in [0.3, 0.4) is 0 Å². The average Bonchev–Trinajstić information content (AvgIpc) is 2.15. The van der Waals surface area contributed by atoms with Crippen LogP contribution in [0.1, 0.15) is 28.4 Å². The maximum atomic E-state index is 12.5. The highest BCUT2D eigenvalue weighted by Gasteiger charge is 2.34. The van der Waals surface area contributed by atoms with Crippen LogP contribution in [0, 0.1) is 11.3 Å². The molecule has 1 rings (SSSR count). The number of hydrogen-bond acceptors (Lipinski definition) is 2. The highest BCUT2D eigenvalue weighted by molar-refractivity contribution is 9.10. The van der Waals surface area contributed by atoms with Gasteiger partial charge < -0.3 is 0 Å². The molecule has 0 unspecified atom stereocenters. The molecule has 0 N–H and O–H groups in total. The maximum Gasteiger partial charge on any atom is 0.417 e. The molecule has 2 nitrogen and oxygen atoms in total. The van der Waals surface area contributed by atoms with Crippen molar-refractivity contribution in [1.82, 2.24) is 0 Å². The van der Waals surface area contributed by atoms with Gasteiger partial charge >= 0.3 is 6.18 Å². The van der Waals surface area contributed by atoms with Gasteiger partial charge in [-0.2, -0.15) is 18.4 Å². The number of benzene rings is 1. The molecule has 1 aromatic rings. The first-order chi connectivity index (χ1) is 7.27. The normalized spacial score (nSPS) is 11.0. The average molecular weight is 292 g/mol. The molecule has 0 aromatic heterocycles. The van der Waals surface area contributed by atoms with Gasteiger partial charge in [-0.1, -0.05) is 15.9 Å². The highest BCUT2D eigenvalue weighted by atomic mass is 79.9. The Morgan fingerprint density at radius 2 is 2.00 bits per heavy atom. The lowest BCUT2D eigenvalue weighted by Crippen LogP contribution is -2.09. The van der Waals surface area contributed by atoms with Crippen molar-refractivity contribution in [3.8, 4) is 6.07 Å². The first kappa shape index (κ1) is 12.7. The number of rotatable bonds is 1. The summed E-state index contributed by atoms with van der Waals surface area (Å²) < 4.78 is 37.2. The Balaban J connectivity index is 3.51. The predicted molar refractivity (Wildman–Crippen MR) is 53.9 cm³/mol. The molecular weight excluding hydrogens is 287 g/mol. The molecule has 1 aromatic carbocycles. The van der Waals surface area contributed by atoms with Gasteiger partial charge in [-0.3, -0.25) is 4.79 Å². The quantitative estimate of drug-likeness (QED) is 0.743. The van der Waals surface area contributed by atoms with E-state index >= 15 is 0 Å². The topological polar surface area (TPSA) is 40.9 Å². The summed E-state index contributed by atoms with van der Waals surface area (Å²) in [6, 6.07) is 3.26. The number of carbonyl (C=O) groups is 1. The largest absolute Gasteiger partial charge is 0.417 e. The lowest BCUT2D eigenvalue weighted by molar-refractivity contribution is -0.138. The minimum Gasteiger partial charge on any atom is -0.294 e. The smallest absolute Gasteiger partial charge is 0.294 e. The molecule has 0 heterocycles. The number of halogens is 4. The molecule has 0 fully saturated rings. The molecule has 0 saturated heterocycles. The molecule has 0 amide bonds. The van der Waals surface area contributed by atoms with Gasteiger partial charge in [0.15, 0.2) is 5.78 Å². The number of alkyl halides is 3. The van der Waals surface area contributed by atoms with Crippen molar-refractivity contribution < 1.29 is 18.0 Å². The fraction of sp³-hybridized carbons (Fsp3) is 0.200. The van der Waals surface area contributed by atoms with Crippen LogP contribution >= 0.6 is 15.9 Å². The molecule has 84 valence electrons. The summed E-state index contributed by atoms with van der Waals surface area (Å²) in [5, 5.41) is 8.66. The Bertz CT molecular complexity index is 488. The monoisotopic (exact) mass is 291 g/mol. The summed E-state index contributed by atoms with van der Waals surface area (Å²) in [6.45, 7) is 1.19. The summed E-state index contributed by atoms with van der Waals surface area (Å²) in [5.41, 5.74) is -1.26. The van der Waals surface area contributed by atoms with Crippen LogP contribution in [0.2, 0.25) is 0 Å². The van der Waals surface area contributed by atoms with Crippen LogP contribution in [-0.4, -0.2) is 5.78 Å². The molecule has 0 spiro atoms. The zero-order chi connectivity index (χ0) is 12.5. The van der Waals surface area contributed by atoms with Gasteiger partial charge in [-0.05, 0) is 19.1 Å². The van der Waals surface area contributed by atoms with E-state index < -0.39 is 17.5 Å². The zero-order valence-electron chi connectivity index (χ0n) is 8.02. The van der Waals surface area contributed by atoms with Crippen molar-refractivity contribution in [3.05, 3.63) is 33.3 Å². The third-order valence-corrected chi connectivity index (χ3v) is 2.57. The number of Topliss-reactive ketones (excluding diaryl/α,β-unsaturated/α-hetero) is 1. The Morgan fingerprint density at radius 1 is 1.44 bits per heavy atom. The first-order valence-corrected chi connectivity index (χ1v) is 4.88. The molecule has 0 aliphatic rings. The van der Waals surface area contributed by atoms with Crippen molar-refractivity contribution in [3.63, 3.8) is 0 Å². The number of hydrogen-bond donors (Lipinski definition) is 0. The lowest BCUT2D eigenvalue weighted by atomic mass is 10.0. The third-order valence-electron chi connectivity index (χ3n) is 1.91. The Hall–Kier alpha value is -1.35. The highest BCUT2D eigenvalue weighted by Crippen LogP contribution is 2.36. The predicted octanol–water partition coefficient (Wildman–Crippen LogP) is 3.54. The molecule has 0 bridgehead atoms. The number of nitrogens with zero attached hydrogens (tertiary/aromatic N) is 1. The van der Waals surface area contributed by atoms with E-state index in [0.29, 0.717) is 6.07 Å². The van der Waals surface area contributed by atoms with Crippen LogP contribution in [0.4, 0.5) is 13.2 Å². The number of ketones is 1. The van der Waals surface area contributed by atoms with Crippen LogP contribution in [0.5, 0.6) is 0 Å². The van der Waals surface area contributed by atoms with E-state index in [1.807, 2.05) is 0 Å². The van der Waals surface area contributed by atoms with Crippen LogP contribution in [-0.2, 0) is 6.18 Å². The first-order valence-electron chi connectivity index (χ1n) is 4.09. The van der Waals surface area contributed by atoms with Crippen molar-refractivity contribution in [2.45, 2.75) is 13.1 Å². The van der Waals surface area contributed by atoms with E-state index in [2.05, 4.69) is 15.9 Å². The summed E-state index contributed by atoms with van der Waals surface area (Å²) in [7, 11) is 0. The second kappa shape index (κ2) is 4.26. The summed E-state index contributed by atoms with van der Waals surface area (Å²) >= 11 is 2.73. The molecule has 0 aliphatic heterocycles. The molecule has 6 heteroatoms. The molecule has 0 radical (unpaired) electrons. The van der Waals surface area contributed by atoms with E-state index in [0.717, 1.165) is 6.07 Å². The second-order valence-electron chi connectivity index (χ2n) is 3.04. The third kappa shape index (κ3) is 2.42. The van der Waals surface area contributed by atoms with Gasteiger partial charge in [0.2, 0.25) is 0 Å². The summed E-state index contributed by atoms with van der Waals surface area (Å²) in [6.07, 6.45) is -4.56. The van der Waals surface area contributed by atoms with Gasteiger partial charge in [0.1, 0.15) is 0 Å². The maximum absolute atomic E-state index is 12.5. The Kier molecular flexibility index (Phi) is 3.38. The molecule has 0 saturated carbocycles. The van der Waals surface area contributed by atoms with E-state index in [-0.39, 0.29) is 15.6 Å². The van der Waals surface area contributed by atoms with Crippen LogP contribution in [0.15, 0.2) is 16.6 Å². The van der Waals surface area contributed by atoms with E-state index in [1.54, 1.807) is 6.07 Å². The fourth-order valence-corrected chi connectivity index (χ4v) is 1.74. The number of nitriles is 1. The summed E-state index contributed by atoms with van der Waals surface area (Å²) in [5.74, 6) is -0.453. The SMILES string of the molecule is CC(=O)c1cc(Br)c(C(F)(F)F)cc1C#N. The van der Waals surface area contributed by atoms with Gasteiger partial charge in [-0.25, -0.2) is 0 Å². The van der Waals surface area contributed by atoms with Crippen molar-refractivity contribution in [1.29, 1.82) is 5.26 Å². The van der Waals surface area contributed by atoms with Crippen LogP contribution < -0.4 is 0 Å². The lowest BCUT2D eigenvalue weighted by Gasteiger charge is -2.11. The standard InChI is InChI=1S/C10H5BrF3NO/c1-5(16)7-3-9(11)8(10(12,13)14)2-6(7)4-15/h2-3H,1H3. The minimum absolute atomic E-state index is 0.0256. The van der Waals surface area contributed by atoms with Crippen LogP contribution in [0.25, 0.3) is 0 Å². The van der Waals surface area contributed by atoms with Gasteiger partial charge in [0, 0.05) is 10.0 Å². The second-order valence-corrected chi connectivity index (χ2v) is 3.90. The summed E-state index contributed by atoms with van der Waals surface area (Å²) in [4.78, 5) is 11.1. The molecule has 0 atom stereocenters.